The van der Waals surface area contributed by atoms with Gasteiger partial charge in [-0.1, -0.05) is 36.7 Å². The maximum absolute atomic E-state index is 9.63. The summed E-state index contributed by atoms with van der Waals surface area (Å²) >= 11 is 3.58. The summed E-state index contributed by atoms with van der Waals surface area (Å²) in [6.45, 7) is 10.3. The van der Waals surface area contributed by atoms with Gasteiger partial charge in [0.2, 0.25) is 0 Å². The highest BCUT2D eigenvalue weighted by Gasteiger charge is 2.27. The topological polar surface area (TPSA) is 23.5 Å². The quantitative estimate of drug-likeness (QED) is 0.836. The van der Waals surface area contributed by atoms with Crippen LogP contribution < -0.4 is 0 Å². The molecule has 0 amide bonds. The Hall–Kier alpha value is -0.540. The fraction of sp³-hybridized carbons (Fsp3) is 0.647. The highest BCUT2D eigenvalue weighted by atomic mass is 79.9. The van der Waals surface area contributed by atoms with Gasteiger partial charge in [0.25, 0.3) is 0 Å². The number of benzene rings is 1. The molecule has 0 spiro atoms. The van der Waals surface area contributed by atoms with Crippen molar-refractivity contribution in [2.45, 2.75) is 46.6 Å². The minimum atomic E-state index is 0.352. The first-order valence-corrected chi connectivity index (χ1v) is 8.35. The Labute approximate surface area is 131 Å². The molecule has 1 unspecified atom stereocenters. The lowest BCUT2D eigenvalue weighted by atomic mass is 9.77. The Balaban J connectivity index is 1.99. The van der Waals surface area contributed by atoms with Crippen molar-refractivity contribution in [3.63, 3.8) is 0 Å². The fourth-order valence-corrected chi connectivity index (χ4v) is 3.48. The van der Waals surface area contributed by atoms with Crippen molar-refractivity contribution in [2.24, 2.45) is 11.3 Å². The number of aromatic hydroxyl groups is 1. The number of likely N-dealkylation sites (tertiary alicyclic amines) is 1. The second-order valence-corrected chi connectivity index (χ2v) is 7.90. The molecule has 20 heavy (non-hydrogen) atoms. The molecule has 0 saturated carbocycles. The van der Waals surface area contributed by atoms with Crippen LogP contribution in [0.15, 0.2) is 22.7 Å². The summed E-state index contributed by atoms with van der Waals surface area (Å²) in [6.07, 6.45) is 3.89. The van der Waals surface area contributed by atoms with Crippen LogP contribution in [-0.4, -0.2) is 23.1 Å². The van der Waals surface area contributed by atoms with Crippen molar-refractivity contribution in [3.05, 3.63) is 28.2 Å². The van der Waals surface area contributed by atoms with Crippen LogP contribution in [0.5, 0.6) is 5.75 Å². The van der Waals surface area contributed by atoms with E-state index >= 15 is 0 Å². The van der Waals surface area contributed by atoms with Gasteiger partial charge in [-0.25, -0.2) is 0 Å². The van der Waals surface area contributed by atoms with Gasteiger partial charge in [0.1, 0.15) is 5.75 Å². The average molecular weight is 340 g/mol. The van der Waals surface area contributed by atoms with Gasteiger partial charge >= 0.3 is 0 Å². The molecule has 3 heteroatoms. The molecule has 1 aliphatic rings. The summed E-state index contributed by atoms with van der Waals surface area (Å²) in [4.78, 5) is 2.52. The molecule has 1 atom stereocenters. The third-order valence-corrected chi connectivity index (χ3v) is 5.24. The van der Waals surface area contributed by atoms with Crippen molar-refractivity contribution >= 4 is 15.9 Å². The number of phenols is 1. The minimum Gasteiger partial charge on any atom is -0.508 e. The first-order valence-electron chi connectivity index (χ1n) is 7.56. The van der Waals surface area contributed by atoms with E-state index in [9.17, 15) is 5.11 Å². The van der Waals surface area contributed by atoms with Gasteiger partial charge in [-0.15, -0.1) is 0 Å². The summed E-state index contributed by atoms with van der Waals surface area (Å²) in [5.74, 6) is 1.17. The van der Waals surface area contributed by atoms with Crippen molar-refractivity contribution < 1.29 is 5.11 Å². The van der Waals surface area contributed by atoms with E-state index in [-0.39, 0.29) is 0 Å². The molecule has 1 saturated heterocycles. The van der Waals surface area contributed by atoms with E-state index in [4.69, 9.17) is 0 Å². The third-order valence-electron chi connectivity index (χ3n) is 4.47. The minimum absolute atomic E-state index is 0.352. The Morgan fingerprint density at radius 1 is 1.25 bits per heavy atom. The predicted molar refractivity (Wildman–Crippen MR) is 87.9 cm³/mol. The monoisotopic (exact) mass is 339 g/mol. The molecule has 1 aromatic carbocycles. The lowest BCUT2D eigenvalue weighted by Crippen LogP contribution is -2.26. The Morgan fingerprint density at radius 3 is 2.70 bits per heavy atom. The molecule has 2 nitrogen and oxygen atoms in total. The summed E-state index contributed by atoms with van der Waals surface area (Å²) in [5, 5.41) is 9.63. The Morgan fingerprint density at radius 2 is 2.00 bits per heavy atom. The number of hydrogen-bond donors (Lipinski definition) is 1. The van der Waals surface area contributed by atoms with Gasteiger partial charge < -0.3 is 5.11 Å². The predicted octanol–water partition coefficient (Wildman–Crippen LogP) is 4.80. The van der Waals surface area contributed by atoms with E-state index in [1.165, 1.54) is 24.8 Å². The normalized spacial score (nSPS) is 21.7. The van der Waals surface area contributed by atoms with E-state index in [0.29, 0.717) is 11.2 Å². The number of phenolic OH excluding ortho intramolecular Hbond substituents is 1. The molecule has 1 N–H and O–H groups in total. The molecule has 112 valence electrons. The van der Waals surface area contributed by atoms with Crippen molar-refractivity contribution in [1.29, 1.82) is 0 Å². The van der Waals surface area contributed by atoms with Gasteiger partial charge in [0.05, 0.1) is 0 Å². The van der Waals surface area contributed by atoms with Crippen LogP contribution in [-0.2, 0) is 6.54 Å². The highest BCUT2D eigenvalue weighted by Crippen LogP contribution is 2.34. The van der Waals surface area contributed by atoms with Gasteiger partial charge in [0, 0.05) is 11.0 Å². The summed E-state index contributed by atoms with van der Waals surface area (Å²) < 4.78 is 1.09. The zero-order valence-electron chi connectivity index (χ0n) is 12.8. The summed E-state index contributed by atoms with van der Waals surface area (Å²) in [5.41, 5.74) is 1.60. The molecule has 1 fully saturated rings. The molecular formula is C17H26BrNO. The third kappa shape index (κ3) is 4.23. The number of nitrogens with zero attached hydrogens (tertiary/aromatic N) is 1. The molecule has 1 aliphatic heterocycles. The lowest BCUT2D eigenvalue weighted by Gasteiger charge is -2.29. The zero-order valence-corrected chi connectivity index (χ0v) is 14.4. The SMILES string of the molecule is CC(C)(C)C1CCCN(Cc2cc(O)ccc2Br)CC1. The molecule has 0 aliphatic carbocycles. The van der Waals surface area contributed by atoms with Gasteiger partial charge in [-0.2, -0.15) is 0 Å². The Kier molecular flexibility index (Phi) is 5.14. The van der Waals surface area contributed by atoms with Crippen LogP contribution in [0.4, 0.5) is 0 Å². The molecule has 1 aromatic rings. The van der Waals surface area contributed by atoms with Crippen LogP contribution in [0.3, 0.4) is 0 Å². The van der Waals surface area contributed by atoms with E-state index in [1.807, 2.05) is 12.1 Å². The lowest BCUT2D eigenvalue weighted by molar-refractivity contribution is 0.206. The molecule has 0 aromatic heterocycles. The molecular weight excluding hydrogens is 314 g/mol. The summed E-state index contributed by atoms with van der Waals surface area (Å²) in [6, 6.07) is 5.53. The van der Waals surface area contributed by atoms with Crippen LogP contribution in [0, 0.1) is 11.3 Å². The first-order chi connectivity index (χ1) is 9.36. The van der Waals surface area contributed by atoms with Gasteiger partial charge in [-0.05, 0) is 67.4 Å². The van der Waals surface area contributed by atoms with Crippen molar-refractivity contribution in [3.8, 4) is 5.75 Å². The zero-order chi connectivity index (χ0) is 14.8. The van der Waals surface area contributed by atoms with E-state index in [1.54, 1.807) is 6.07 Å². The average Bonchev–Trinajstić information content (AvgIpc) is 2.59. The van der Waals surface area contributed by atoms with Crippen LogP contribution in [0.25, 0.3) is 0 Å². The second-order valence-electron chi connectivity index (χ2n) is 7.05. The van der Waals surface area contributed by atoms with Crippen LogP contribution >= 0.6 is 15.9 Å². The van der Waals surface area contributed by atoms with E-state index < -0.39 is 0 Å². The molecule has 1 heterocycles. The number of rotatable bonds is 2. The largest absolute Gasteiger partial charge is 0.508 e. The summed E-state index contributed by atoms with van der Waals surface area (Å²) in [7, 11) is 0. The van der Waals surface area contributed by atoms with E-state index in [2.05, 4.69) is 41.6 Å². The molecule has 2 rings (SSSR count). The second kappa shape index (κ2) is 6.48. The first kappa shape index (κ1) is 15.8. The van der Waals surface area contributed by atoms with Gasteiger partial charge in [0.15, 0.2) is 0 Å². The molecule has 0 radical (unpaired) electrons. The fourth-order valence-electron chi connectivity index (χ4n) is 3.10. The Bertz CT molecular complexity index is 453. The maximum atomic E-state index is 9.63. The highest BCUT2D eigenvalue weighted by molar-refractivity contribution is 9.10. The van der Waals surface area contributed by atoms with Crippen molar-refractivity contribution in [2.75, 3.05) is 13.1 Å². The standard InChI is InChI=1S/C17H26BrNO/c1-17(2,3)14-5-4-9-19(10-8-14)12-13-11-15(20)6-7-16(13)18/h6-7,11,14,20H,4-5,8-10,12H2,1-3H3. The number of halogens is 1. The van der Waals surface area contributed by atoms with E-state index in [0.717, 1.165) is 30.0 Å². The van der Waals surface area contributed by atoms with Gasteiger partial charge in [-0.3, -0.25) is 4.90 Å². The molecule has 0 bridgehead atoms. The van der Waals surface area contributed by atoms with Crippen LogP contribution in [0.1, 0.15) is 45.6 Å². The smallest absolute Gasteiger partial charge is 0.115 e. The van der Waals surface area contributed by atoms with Crippen molar-refractivity contribution in [1.82, 2.24) is 4.90 Å². The number of hydrogen-bond acceptors (Lipinski definition) is 2. The maximum Gasteiger partial charge on any atom is 0.115 e. The van der Waals surface area contributed by atoms with Crippen LogP contribution in [0.2, 0.25) is 0 Å².